The summed E-state index contributed by atoms with van der Waals surface area (Å²) in [5.41, 5.74) is 5.51. The number of carboxylic acids is 1. The van der Waals surface area contributed by atoms with Gasteiger partial charge >= 0.3 is 5.97 Å². The van der Waals surface area contributed by atoms with E-state index in [2.05, 4.69) is 23.8 Å². The Balaban J connectivity index is 2.37. The van der Waals surface area contributed by atoms with Crippen LogP contribution in [0, 0.1) is 0 Å². The standard InChI is InChI=1S/C11H23N3O2/c1-9-8-13(2)5-3-6-14(9)7-4-10(12)11(15)16/h9-10H,3-8,12H2,1-2H3,(H,15,16). The van der Waals surface area contributed by atoms with E-state index in [1.807, 2.05) is 0 Å². The fourth-order valence-electron chi connectivity index (χ4n) is 2.18. The van der Waals surface area contributed by atoms with E-state index in [1.165, 1.54) is 0 Å². The van der Waals surface area contributed by atoms with E-state index in [0.29, 0.717) is 12.5 Å². The molecule has 5 heteroatoms. The van der Waals surface area contributed by atoms with Crippen molar-refractivity contribution in [2.45, 2.75) is 31.8 Å². The maximum Gasteiger partial charge on any atom is 0.320 e. The molecular weight excluding hydrogens is 206 g/mol. The van der Waals surface area contributed by atoms with Crippen molar-refractivity contribution in [2.75, 3.05) is 33.2 Å². The smallest absolute Gasteiger partial charge is 0.320 e. The minimum Gasteiger partial charge on any atom is -0.480 e. The molecule has 0 aromatic heterocycles. The second-order valence-electron chi connectivity index (χ2n) is 4.73. The molecule has 94 valence electrons. The average Bonchev–Trinajstić information content (AvgIpc) is 2.36. The third-order valence-corrected chi connectivity index (χ3v) is 3.23. The zero-order valence-electron chi connectivity index (χ0n) is 10.2. The quantitative estimate of drug-likeness (QED) is 0.699. The topological polar surface area (TPSA) is 69.8 Å². The first-order valence-corrected chi connectivity index (χ1v) is 5.91. The monoisotopic (exact) mass is 229 g/mol. The van der Waals surface area contributed by atoms with Crippen LogP contribution in [0.4, 0.5) is 0 Å². The van der Waals surface area contributed by atoms with Crippen molar-refractivity contribution in [2.24, 2.45) is 5.73 Å². The number of nitrogens with two attached hydrogens (primary N) is 1. The van der Waals surface area contributed by atoms with Gasteiger partial charge in [0.1, 0.15) is 6.04 Å². The van der Waals surface area contributed by atoms with Gasteiger partial charge in [-0.2, -0.15) is 0 Å². The Hall–Kier alpha value is -0.650. The van der Waals surface area contributed by atoms with E-state index in [4.69, 9.17) is 10.8 Å². The van der Waals surface area contributed by atoms with Crippen LogP contribution in [0.1, 0.15) is 19.8 Å². The highest BCUT2D eigenvalue weighted by Crippen LogP contribution is 2.09. The van der Waals surface area contributed by atoms with E-state index >= 15 is 0 Å². The normalized spacial score (nSPS) is 26.3. The predicted molar refractivity (Wildman–Crippen MR) is 63.4 cm³/mol. The molecule has 1 rings (SSSR count). The molecule has 1 aliphatic heterocycles. The molecule has 5 nitrogen and oxygen atoms in total. The van der Waals surface area contributed by atoms with E-state index in [-0.39, 0.29) is 0 Å². The van der Waals surface area contributed by atoms with Crippen LogP contribution in [0.3, 0.4) is 0 Å². The fraction of sp³-hybridized carbons (Fsp3) is 0.909. The van der Waals surface area contributed by atoms with E-state index < -0.39 is 12.0 Å². The summed E-state index contributed by atoms with van der Waals surface area (Å²) in [7, 11) is 2.13. The van der Waals surface area contributed by atoms with Crippen LogP contribution in [-0.2, 0) is 4.79 Å². The number of likely N-dealkylation sites (N-methyl/N-ethyl adjacent to an activating group) is 1. The van der Waals surface area contributed by atoms with Crippen molar-refractivity contribution < 1.29 is 9.90 Å². The third kappa shape index (κ3) is 4.08. The summed E-state index contributed by atoms with van der Waals surface area (Å²) in [5.74, 6) is -0.903. The van der Waals surface area contributed by atoms with Crippen LogP contribution < -0.4 is 5.73 Å². The molecule has 2 unspecified atom stereocenters. The van der Waals surface area contributed by atoms with E-state index in [1.54, 1.807) is 0 Å². The lowest BCUT2D eigenvalue weighted by Crippen LogP contribution is -2.41. The first-order valence-electron chi connectivity index (χ1n) is 5.91. The molecule has 16 heavy (non-hydrogen) atoms. The summed E-state index contributed by atoms with van der Waals surface area (Å²) in [5, 5.41) is 8.72. The molecular formula is C11H23N3O2. The Morgan fingerprint density at radius 3 is 2.88 bits per heavy atom. The minimum atomic E-state index is -0.903. The number of aliphatic carboxylic acids is 1. The van der Waals surface area contributed by atoms with Crippen molar-refractivity contribution in [1.82, 2.24) is 9.80 Å². The van der Waals surface area contributed by atoms with Gasteiger partial charge in [-0.25, -0.2) is 0 Å². The third-order valence-electron chi connectivity index (χ3n) is 3.23. The van der Waals surface area contributed by atoms with Crippen molar-refractivity contribution in [3.05, 3.63) is 0 Å². The van der Waals surface area contributed by atoms with Crippen molar-refractivity contribution in [3.63, 3.8) is 0 Å². The zero-order chi connectivity index (χ0) is 12.1. The van der Waals surface area contributed by atoms with Gasteiger partial charge in [-0.1, -0.05) is 0 Å². The lowest BCUT2D eigenvalue weighted by Gasteiger charge is -2.28. The van der Waals surface area contributed by atoms with Crippen molar-refractivity contribution >= 4 is 5.97 Å². The molecule has 2 atom stereocenters. The second-order valence-corrected chi connectivity index (χ2v) is 4.73. The first kappa shape index (κ1) is 13.4. The van der Waals surface area contributed by atoms with Crippen molar-refractivity contribution in [3.8, 4) is 0 Å². The van der Waals surface area contributed by atoms with Crippen LogP contribution in [-0.4, -0.2) is 66.2 Å². The number of carboxylic acid groups (broad SMARTS) is 1. The van der Waals surface area contributed by atoms with Gasteiger partial charge in [-0.05, 0) is 39.9 Å². The molecule has 0 saturated carbocycles. The summed E-state index contributed by atoms with van der Waals surface area (Å²) in [6.45, 7) is 6.17. The van der Waals surface area contributed by atoms with Crippen LogP contribution in [0.25, 0.3) is 0 Å². The number of rotatable bonds is 4. The number of nitrogens with zero attached hydrogens (tertiary/aromatic N) is 2. The molecule has 0 aromatic rings. The van der Waals surface area contributed by atoms with Gasteiger partial charge in [0.05, 0.1) is 0 Å². The molecule has 0 amide bonds. The molecule has 1 saturated heterocycles. The molecule has 1 fully saturated rings. The fourth-order valence-corrected chi connectivity index (χ4v) is 2.18. The Bertz CT molecular complexity index is 235. The highest BCUT2D eigenvalue weighted by atomic mass is 16.4. The largest absolute Gasteiger partial charge is 0.480 e. The van der Waals surface area contributed by atoms with Crippen LogP contribution in [0.5, 0.6) is 0 Å². The summed E-state index contributed by atoms with van der Waals surface area (Å²) in [6.07, 6.45) is 1.67. The Labute approximate surface area is 97.2 Å². The minimum absolute atomic E-state index is 0.480. The molecule has 1 heterocycles. The molecule has 0 spiro atoms. The van der Waals surface area contributed by atoms with Gasteiger partial charge in [-0.3, -0.25) is 9.69 Å². The molecule has 0 radical (unpaired) electrons. The van der Waals surface area contributed by atoms with Gasteiger partial charge in [-0.15, -0.1) is 0 Å². The SMILES string of the molecule is CC1CN(C)CCCN1CCC(N)C(=O)O. The van der Waals surface area contributed by atoms with Crippen LogP contribution >= 0.6 is 0 Å². The van der Waals surface area contributed by atoms with E-state index in [9.17, 15) is 4.79 Å². The molecule has 1 aliphatic rings. The summed E-state index contributed by atoms with van der Waals surface area (Å²) >= 11 is 0. The second kappa shape index (κ2) is 6.18. The average molecular weight is 229 g/mol. The summed E-state index contributed by atoms with van der Waals surface area (Å²) in [4.78, 5) is 15.3. The van der Waals surface area contributed by atoms with Gasteiger partial charge in [0.2, 0.25) is 0 Å². The van der Waals surface area contributed by atoms with Gasteiger partial charge in [0.15, 0.2) is 0 Å². The van der Waals surface area contributed by atoms with Crippen molar-refractivity contribution in [1.29, 1.82) is 0 Å². The molecule has 0 aliphatic carbocycles. The number of hydrogen-bond donors (Lipinski definition) is 2. The van der Waals surface area contributed by atoms with Crippen LogP contribution in [0.15, 0.2) is 0 Å². The molecule has 0 aromatic carbocycles. The Morgan fingerprint density at radius 1 is 1.56 bits per heavy atom. The highest BCUT2D eigenvalue weighted by molar-refractivity contribution is 5.72. The zero-order valence-corrected chi connectivity index (χ0v) is 10.2. The lowest BCUT2D eigenvalue weighted by atomic mass is 10.2. The highest BCUT2D eigenvalue weighted by Gasteiger charge is 2.21. The maximum atomic E-state index is 10.6. The van der Waals surface area contributed by atoms with Gasteiger partial charge in [0.25, 0.3) is 0 Å². The molecule has 0 bridgehead atoms. The number of hydrogen-bond acceptors (Lipinski definition) is 4. The number of carbonyl (C=O) groups is 1. The van der Waals surface area contributed by atoms with E-state index in [0.717, 1.165) is 32.6 Å². The Kier molecular flexibility index (Phi) is 5.18. The summed E-state index contributed by atoms with van der Waals surface area (Å²) < 4.78 is 0. The Morgan fingerprint density at radius 2 is 2.25 bits per heavy atom. The van der Waals surface area contributed by atoms with Gasteiger partial charge < -0.3 is 15.7 Å². The van der Waals surface area contributed by atoms with Gasteiger partial charge in [0, 0.05) is 19.1 Å². The maximum absolute atomic E-state index is 10.6. The molecule has 3 N–H and O–H groups in total. The predicted octanol–water partition coefficient (Wildman–Crippen LogP) is -0.186. The summed E-state index contributed by atoms with van der Waals surface area (Å²) in [6, 6.07) is -0.248. The first-order chi connectivity index (χ1) is 7.50. The van der Waals surface area contributed by atoms with Crippen LogP contribution in [0.2, 0.25) is 0 Å². The lowest BCUT2D eigenvalue weighted by molar-refractivity contribution is -0.138.